The van der Waals surface area contributed by atoms with Gasteiger partial charge >= 0.3 is 0 Å². The van der Waals surface area contributed by atoms with Gasteiger partial charge in [-0.05, 0) is 120 Å². The number of benzene rings is 9. The Kier molecular flexibility index (Phi) is 7.63. The molecule has 11 rings (SSSR count). The monoisotopic (exact) mass is 760 g/mol. The first kappa shape index (κ1) is 35.5. The molecular weight excluding hydrogens is 713 g/mol. The SMILES string of the molecule is CC1(C)c2cc(N(c3ccc(-c4ccccc4)cc3)c3ccc(-c4ccccc4)cc3)c(-n3c4cccc5c6ccccc6c6cccc3c6c54)cc2C(C)(C)C1(C)C. The normalized spacial score (nSPS) is 15.4. The van der Waals surface area contributed by atoms with Gasteiger partial charge in [-0.1, -0.05) is 175 Å². The molecule has 0 unspecified atom stereocenters. The highest BCUT2D eigenvalue weighted by molar-refractivity contribution is 6.34. The topological polar surface area (TPSA) is 8.17 Å². The summed E-state index contributed by atoms with van der Waals surface area (Å²) >= 11 is 0. The number of anilines is 3. The second-order valence-corrected chi connectivity index (χ2v) is 18.2. The van der Waals surface area contributed by atoms with Gasteiger partial charge in [0.15, 0.2) is 0 Å². The summed E-state index contributed by atoms with van der Waals surface area (Å²) in [4.78, 5) is 2.51. The van der Waals surface area contributed by atoms with Crippen LogP contribution in [0.25, 0.3) is 71.3 Å². The van der Waals surface area contributed by atoms with Gasteiger partial charge in [-0.2, -0.15) is 0 Å². The van der Waals surface area contributed by atoms with Crippen molar-refractivity contribution in [3.63, 3.8) is 0 Å². The molecule has 1 heterocycles. The lowest BCUT2D eigenvalue weighted by atomic mass is 9.59. The third-order valence-electron chi connectivity index (χ3n) is 14.9. The fourth-order valence-electron chi connectivity index (χ4n) is 10.5. The molecule has 0 amide bonds. The molecule has 2 nitrogen and oxygen atoms in total. The molecule has 0 saturated carbocycles. The largest absolute Gasteiger partial charge is 0.308 e. The lowest BCUT2D eigenvalue weighted by Gasteiger charge is -2.44. The van der Waals surface area contributed by atoms with Crippen molar-refractivity contribution >= 4 is 60.4 Å². The zero-order valence-corrected chi connectivity index (χ0v) is 34.7. The Hall–Kier alpha value is -6.64. The van der Waals surface area contributed by atoms with E-state index >= 15 is 0 Å². The molecule has 10 aromatic rings. The standard InChI is InChI=1S/C57H48N2/c1-55(2)47-35-51(58(41-31-27-39(28-32-41)37-17-9-7-10-18-37)42-33-29-40(30-34-42)38-19-11-8-12-20-38)52(36-48(47)56(3,4)57(55,5)6)59-49-25-15-23-45-43-21-13-14-22-44(43)46-24-16-26-50(59)54(46)53(45)49/h7-36H,1-6H3. The van der Waals surface area contributed by atoms with E-state index in [0.29, 0.717) is 0 Å². The highest BCUT2D eigenvalue weighted by Gasteiger charge is 2.57. The molecule has 0 radical (unpaired) electrons. The van der Waals surface area contributed by atoms with Crippen LogP contribution >= 0.6 is 0 Å². The molecule has 0 N–H and O–H groups in total. The predicted octanol–water partition coefficient (Wildman–Crippen LogP) is 15.9. The van der Waals surface area contributed by atoms with Crippen molar-refractivity contribution < 1.29 is 0 Å². The van der Waals surface area contributed by atoms with Gasteiger partial charge < -0.3 is 9.47 Å². The molecule has 0 aliphatic heterocycles. The van der Waals surface area contributed by atoms with Crippen molar-refractivity contribution in [1.82, 2.24) is 4.57 Å². The average Bonchev–Trinajstić information content (AvgIpc) is 3.66. The quantitative estimate of drug-likeness (QED) is 0.153. The maximum Gasteiger partial charge on any atom is 0.0706 e. The Bertz CT molecular complexity index is 3030. The molecule has 1 aromatic heterocycles. The van der Waals surface area contributed by atoms with E-state index in [4.69, 9.17) is 0 Å². The fourth-order valence-corrected chi connectivity index (χ4v) is 10.5. The van der Waals surface area contributed by atoms with Crippen LogP contribution in [0.15, 0.2) is 182 Å². The maximum atomic E-state index is 2.58. The lowest BCUT2D eigenvalue weighted by molar-refractivity contribution is 0.125. The zero-order chi connectivity index (χ0) is 40.3. The van der Waals surface area contributed by atoms with E-state index in [1.165, 1.54) is 82.4 Å². The van der Waals surface area contributed by atoms with E-state index in [1.807, 2.05) is 0 Å². The van der Waals surface area contributed by atoms with Crippen LogP contribution in [0.1, 0.15) is 52.7 Å². The van der Waals surface area contributed by atoms with Gasteiger partial charge in [0.2, 0.25) is 0 Å². The summed E-state index contributed by atoms with van der Waals surface area (Å²) in [6.07, 6.45) is 0. The van der Waals surface area contributed by atoms with Gasteiger partial charge in [0, 0.05) is 22.1 Å². The average molecular weight is 761 g/mol. The van der Waals surface area contributed by atoms with Gasteiger partial charge in [-0.25, -0.2) is 0 Å². The van der Waals surface area contributed by atoms with E-state index in [-0.39, 0.29) is 16.2 Å². The first-order valence-electron chi connectivity index (χ1n) is 21.0. The predicted molar refractivity (Wildman–Crippen MR) is 252 cm³/mol. The first-order valence-corrected chi connectivity index (χ1v) is 21.0. The molecule has 0 bridgehead atoms. The maximum absolute atomic E-state index is 2.58. The molecule has 286 valence electrons. The molecule has 0 atom stereocenters. The van der Waals surface area contributed by atoms with E-state index in [1.54, 1.807) is 0 Å². The summed E-state index contributed by atoms with van der Waals surface area (Å²) in [5.41, 5.74) is 14.5. The highest BCUT2D eigenvalue weighted by atomic mass is 15.2. The fraction of sp³-hybridized carbons (Fsp3) is 0.158. The first-order chi connectivity index (χ1) is 28.6. The van der Waals surface area contributed by atoms with Crippen molar-refractivity contribution in [2.24, 2.45) is 5.41 Å². The number of nitrogens with zero attached hydrogens (tertiary/aromatic N) is 2. The Morgan fingerprint density at radius 1 is 0.373 bits per heavy atom. The van der Waals surface area contributed by atoms with Gasteiger partial charge in [-0.15, -0.1) is 0 Å². The van der Waals surface area contributed by atoms with Crippen LogP contribution in [0.3, 0.4) is 0 Å². The Morgan fingerprint density at radius 2 is 0.763 bits per heavy atom. The molecule has 9 aromatic carbocycles. The van der Waals surface area contributed by atoms with Crippen LogP contribution in [0, 0.1) is 5.41 Å². The van der Waals surface area contributed by atoms with Crippen LogP contribution in [0.2, 0.25) is 0 Å². The van der Waals surface area contributed by atoms with Crippen LogP contribution in [0.5, 0.6) is 0 Å². The molecular formula is C57H48N2. The van der Waals surface area contributed by atoms with Crippen molar-refractivity contribution in [3.05, 3.63) is 193 Å². The second-order valence-electron chi connectivity index (χ2n) is 18.2. The molecule has 1 aliphatic rings. The summed E-state index contributed by atoms with van der Waals surface area (Å²) in [5.74, 6) is 0. The highest BCUT2D eigenvalue weighted by Crippen LogP contribution is 2.63. The van der Waals surface area contributed by atoms with Gasteiger partial charge in [0.05, 0.1) is 22.4 Å². The molecule has 0 saturated heterocycles. The van der Waals surface area contributed by atoms with Crippen molar-refractivity contribution in [1.29, 1.82) is 0 Å². The molecule has 0 fully saturated rings. The minimum absolute atomic E-state index is 0.0105. The van der Waals surface area contributed by atoms with Crippen LogP contribution in [-0.2, 0) is 10.8 Å². The van der Waals surface area contributed by atoms with Crippen LogP contribution < -0.4 is 4.90 Å². The van der Waals surface area contributed by atoms with E-state index in [0.717, 1.165) is 17.1 Å². The number of rotatable bonds is 6. The lowest BCUT2D eigenvalue weighted by Crippen LogP contribution is -2.42. The smallest absolute Gasteiger partial charge is 0.0706 e. The van der Waals surface area contributed by atoms with E-state index in [9.17, 15) is 0 Å². The molecule has 59 heavy (non-hydrogen) atoms. The molecule has 0 spiro atoms. The van der Waals surface area contributed by atoms with Gasteiger partial charge in [-0.3, -0.25) is 0 Å². The van der Waals surface area contributed by atoms with Crippen molar-refractivity contribution in [2.75, 3.05) is 4.90 Å². The minimum Gasteiger partial charge on any atom is -0.308 e. The van der Waals surface area contributed by atoms with Crippen LogP contribution in [0.4, 0.5) is 17.1 Å². The summed E-state index contributed by atoms with van der Waals surface area (Å²) in [5, 5.41) is 7.86. The third-order valence-corrected chi connectivity index (χ3v) is 14.9. The summed E-state index contributed by atoms with van der Waals surface area (Å²) in [7, 11) is 0. The second kappa shape index (κ2) is 12.7. The Morgan fingerprint density at radius 3 is 1.22 bits per heavy atom. The Labute approximate surface area is 347 Å². The number of fused-ring (bicyclic) bond motifs is 4. The third kappa shape index (κ3) is 4.99. The summed E-state index contributed by atoms with van der Waals surface area (Å²) in [6.45, 7) is 14.8. The van der Waals surface area contributed by atoms with Gasteiger partial charge in [0.1, 0.15) is 0 Å². The van der Waals surface area contributed by atoms with Crippen molar-refractivity contribution in [2.45, 2.75) is 52.4 Å². The van der Waals surface area contributed by atoms with Gasteiger partial charge in [0.25, 0.3) is 0 Å². The van der Waals surface area contributed by atoms with E-state index < -0.39 is 0 Å². The Balaban J connectivity index is 1.25. The number of hydrogen-bond acceptors (Lipinski definition) is 1. The molecule has 1 aliphatic carbocycles. The number of hydrogen-bond donors (Lipinski definition) is 0. The van der Waals surface area contributed by atoms with E-state index in [2.05, 4.69) is 233 Å². The van der Waals surface area contributed by atoms with Crippen LogP contribution in [-0.4, -0.2) is 4.57 Å². The summed E-state index contributed by atoms with van der Waals surface area (Å²) in [6, 6.07) is 67.5. The minimum atomic E-state index is -0.0924. The summed E-state index contributed by atoms with van der Waals surface area (Å²) < 4.78 is 2.58. The zero-order valence-electron chi connectivity index (χ0n) is 34.7. The van der Waals surface area contributed by atoms with Crippen molar-refractivity contribution in [3.8, 4) is 27.9 Å². The molecule has 2 heteroatoms. The number of aromatic nitrogens is 1.